The zero-order chi connectivity index (χ0) is 32.0. The highest BCUT2D eigenvalue weighted by molar-refractivity contribution is 5.99. The van der Waals surface area contributed by atoms with Gasteiger partial charge in [0, 0.05) is 24.4 Å². The van der Waals surface area contributed by atoms with Crippen molar-refractivity contribution < 1.29 is 33.0 Å². The lowest BCUT2D eigenvalue weighted by Crippen LogP contribution is -2.49. The first-order chi connectivity index (χ1) is 20.9. The Morgan fingerprint density at radius 3 is 2.27 bits per heavy atom. The number of rotatable bonds is 8. The molecule has 0 aromatic heterocycles. The molecule has 3 atom stereocenters. The number of amides is 3. The quantitative estimate of drug-likeness (QED) is 0.353. The molecule has 0 spiro atoms. The van der Waals surface area contributed by atoms with Gasteiger partial charge in [-0.25, -0.2) is 14.0 Å². The van der Waals surface area contributed by atoms with Gasteiger partial charge < -0.3 is 25.0 Å². The first-order valence-electron chi connectivity index (χ1n) is 15.5. The van der Waals surface area contributed by atoms with Gasteiger partial charge in [0.25, 0.3) is 0 Å². The molecule has 44 heavy (non-hydrogen) atoms. The number of alkyl carbamates (subject to hydrolysis) is 1. The third-order valence-corrected chi connectivity index (χ3v) is 8.66. The van der Waals surface area contributed by atoms with Gasteiger partial charge >= 0.3 is 12.1 Å². The van der Waals surface area contributed by atoms with Crippen molar-refractivity contribution in [1.29, 1.82) is 0 Å². The van der Waals surface area contributed by atoms with Crippen molar-refractivity contribution in [1.82, 2.24) is 10.2 Å². The number of anilines is 1. The molecule has 1 saturated carbocycles. The Morgan fingerprint density at radius 1 is 1.00 bits per heavy atom. The number of halogens is 1. The van der Waals surface area contributed by atoms with Crippen LogP contribution < -0.4 is 10.6 Å². The summed E-state index contributed by atoms with van der Waals surface area (Å²) in [6.07, 6.45) is 3.78. The molecule has 1 heterocycles. The van der Waals surface area contributed by atoms with E-state index in [0.717, 1.165) is 30.9 Å². The van der Waals surface area contributed by atoms with Crippen LogP contribution in [0, 0.1) is 17.7 Å². The van der Waals surface area contributed by atoms with Gasteiger partial charge in [-0.3, -0.25) is 9.59 Å². The van der Waals surface area contributed by atoms with E-state index >= 15 is 0 Å². The van der Waals surface area contributed by atoms with E-state index in [2.05, 4.69) is 15.4 Å². The number of esters is 1. The normalized spacial score (nSPS) is 22.5. The molecule has 1 aliphatic carbocycles. The van der Waals surface area contributed by atoms with Crippen molar-refractivity contribution in [3.05, 3.63) is 65.5 Å². The lowest BCUT2D eigenvalue weighted by molar-refractivity contribution is -0.141. The zero-order valence-electron chi connectivity index (χ0n) is 26.2. The minimum Gasteiger partial charge on any atom is -0.465 e. The highest BCUT2D eigenvalue weighted by Gasteiger charge is 2.45. The highest BCUT2D eigenvalue weighted by atomic mass is 19.1. The molecule has 10 heteroatoms. The van der Waals surface area contributed by atoms with E-state index in [1.807, 2.05) is 58.0 Å². The van der Waals surface area contributed by atoms with Gasteiger partial charge in [-0.05, 0) is 89.0 Å². The van der Waals surface area contributed by atoms with Crippen LogP contribution in [0.3, 0.4) is 0 Å². The number of hydrogen-bond acceptors (Lipinski definition) is 6. The van der Waals surface area contributed by atoms with Gasteiger partial charge in [0.2, 0.25) is 11.8 Å². The summed E-state index contributed by atoms with van der Waals surface area (Å²) >= 11 is 0. The molecule has 2 aromatic carbocycles. The zero-order valence-corrected chi connectivity index (χ0v) is 26.2. The average Bonchev–Trinajstić information content (AvgIpc) is 3.45. The maximum Gasteiger partial charge on any atom is 0.407 e. The van der Waals surface area contributed by atoms with Crippen LogP contribution >= 0.6 is 0 Å². The molecular weight excluding hydrogens is 565 g/mol. The first kappa shape index (κ1) is 33.0. The van der Waals surface area contributed by atoms with E-state index in [-0.39, 0.29) is 41.0 Å². The van der Waals surface area contributed by atoms with E-state index in [1.54, 1.807) is 4.90 Å². The van der Waals surface area contributed by atoms with Gasteiger partial charge in [-0.1, -0.05) is 37.3 Å². The van der Waals surface area contributed by atoms with Crippen molar-refractivity contribution in [2.45, 2.75) is 89.8 Å². The summed E-state index contributed by atoms with van der Waals surface area (Å²) in [7, 11) is 1.21. The number of nitrogens with one attached hydrogen (secondary N) is 2. The average molecular weight is 610 g/mol. The van der Waals surface area contributed by atoms with Crippen LogP contribution in [-0.4, -0.2) is 60.1 Å². The van der Waals surface area contributed by atoms with Crippen LogP contribution in [0.5, 0.6) is 0 Å². The molecule has 9 nitrogen and oxygen atoms in total. The van der Waals surface area contributed by atoms with E-state index in [1.165, 1.54) is 19.2 Å². The van der Waals surface area contributed by atoms with E-state index in [4.69, 9.17) is 4.74 Å². The summed E-state index contributed by atoms with van der Waals surface area (Å²) in [6.45, 7) is 7.93. The Bertz CT molecular complexity index is 1340. The van der Waals surface area contributed by atoms with Gasteiger partial charge in [-0.15, -0.1) is 0 Å². The molecule has 2 aromatic rings. The van der Waals surface area contributed by atoms with Gasteiger partial charge in [0.15, 0.2) is 0 Å². The third-order valence-electron chi connectivity index (χ3n) is 8.66. The van der Waals surface area contributed by atoms with Crippen molar-refractivity contribution in [3.8, 4) is 0 Å². The maximum atomic E-state index is 14.9. The number of likely N-dealkylation sites (tertiary alicyclic amines) is 1. The predicted molar refractivity (Wildman–Crippen MR) is 165 cm³/mol. The van der Waals surface area contributed by atoms with Crippen molar-refractivity contribution in [3.63, 3.8) is 0 Å². The summed E-state index contributed by atoms with van der Waals surface area (Å²) in [5.41, 5.74) is 0.315. The molecule has 0 bridgehead atoms. The van der Waals surface area contributed by atoms with Gasteiger partial charge in [-0.2, -0.15) is 0 Å². The second-order valence-corrected chi connectivity index (χ2v) is 12.7. The largest absolute Gasteiger partial charge is 0.465 e. The van der Waals surface area contributed by atoms with Crippen LogP contribution in [0.25, 0.3) is 0 Å². The molecule has 2 fully saturated rings. The number of carbonyl (C=O) groups is 4. The molecule has 1 saturated heterocycles. The Kier molecular flexibility index (Phi) is 10.7. The summed E-state index contributed by atoms with van der Waals surface area (Å²) in [6, 6.07) is 12.4. The molecule has 1 unspecified atom stereocenters. The molecule has 0 radical (unpaired) electrons. The van der Waals surface area contributed by atoms with Crippen molar-refractivity contribution >= 4 is 29.6 Å². The summed E-state index contributed by atoms with van der Waals surface area (Å²) < 4.78 is 25.0. The van der Waals surface area contributed by atoms with Crippen LogP contribution in [0.15, 0.2) is 48.5 Å². The number of methoxy groups -OCH3 is 1. The van der Waals surface area contributed by atoms with Gasteiger partial charge in [0.1, 0.15) is 17.5 Å². The molecular formula is C34H44FN3O6. The fourth-order valence-corrected chi connectivity index (χ4v) is 6.50. The minimum atomic E-state index is -0.820. The van der Waals surface area contributed by atoms with E-state index in [0.29, 0.717) is 25.8 Å². The maximum absolute atomic E-state index is 14.9. The molecule has 4 rings (SSSR count). The molecule has 1 aliphatic heterocycles. The van der Waals surface area contributed by atoms with E-state index in [9.17, 15) is 23.6 Å². The minimum absolute atomic E-state index is 0.0324. The Morgan fingerprint density at radius 2 is 1.68 bits per heavy atom. The van der Waals surface area contributed by atoms with Crippen molar-refractivity contribution in [2.75, 3.05) is 19.0 Å². The Hall–Kier alpha value is -3.95. The SMILES string of the molecule is CCC(NC(=O)OC(C)(C)C)C1CCC(C(=O)N2CC[C@H](c3ccccc3)[C@H]2C(=O)Nc2ccc(C(=O)OC)cc2F)CC1. The highest BCUT2D eigenvalue weighted by Crippen LogP contribution is 2.39. The fourth-order valence-electron chi connectivity index (χ4n) is 6.50. The standard InChI is InChI=1S/C34H44FN3O6/c1-6-27(37-33(42)44-34(2,3)4)22-12-14-23(15-13-22)31(40)38-19-18-25(21-10-8-7-9-11-21)29(38)30(39)36-28-17-16-24(20-26(28)35)32(41)43-5/h7-11,16-17,20,22-23,25,27,29H,6,12-15,18-19H2,1-5H3,(H,36,39)(H,37,42)/t22?,23?,25-,27?,29+/m1/s1. The number of carbonyl (C=O) groups excluding carboxylic acids is 4. The van der Waals surface area contributed by atoms with Crippen LogP contribution in [0.4, 0.5) is 14.9 Å². The molecule has 2 aliphatic rings. The lowest BCUT2D eigenvalue weighted by Gasteiger charge is -2.36. The Labute approximate surface area is 258 Å². The second-order valence-electron chi connectivity index (χ2n) is 12.7. The van der Waals surface area contributed by atoms with Crippen LogP contribution in [-0.2, 0) is 19.1 Å². The van der Waals surface area contributed by atoms with E-state index < -0.39 is 35.4 Å². The number of hydrogen-bond donors (Lipinski definition) is 2. The third kappa shape index (κ3) is 7.95. The summed E-state index contributed by atoms with van der Waals surface area (Å²) in [5, 5.41) is 5.69. The second kappa shape index (κ2) is 14.2. The monoisotopic (exact) mass is 609 g/mol. The first-order valence-corrected chi connectivity index (χ1v) is 15.5. The topological polar surface area (TPSA) is 114 Å². The molecule has 238 valence electrons. The predicted octanol–water partition coefficient (Wildman–Crippen LogP) is 6.05. The molecule has 2 N–H and O–H groups in total. The van der Waals surface area contributed by atoms with Crippen LogP contribution in [0.1, 0.15) is 88.1 Å². The molecule has 3 amide bonds. The van der Waals surface area contributed by atoms with Crippen LogP contribution in [0.2, 0.25) is 0 Å². The summed E-state index contributed by atoms with van der Waals surface area (Å²) in [4.78, 5) is 53.6. The Balaban J connectivity index is 1.47. The lowest BCUT2D eigenvalue weighted by atomic mass is 9.77. The smallest absolute Gasteiger partial charge is 0.407 e. The summed E-state index contributed by atoms with van der Waals surface area (Å²) in [5.74, 6) is -2.27. The number of benzene rings is 2. The number of ether oxygens (including phenoxy) is 2. The number of nitrogens with zero attached hydrogens (tertiary/aromatic N) is 1. The van der Waals surface area contributed by atoms with Gasteiger partial charge in [0.05, 0.1) is 18.4 Å². The fraction of sp³-hybridized carbons (Fsp3) is 0.529. The van der Waals surface area contributed by atoms with Crippen molar-refractivity contribution in [2.24, 2.45) is 11.8 Å².